The van der Waals surface area contributed by atoms with Crippen molar-refractivity contribution >= 4 is 58.2 Å². The SMILES string of the molecule is CCCCCCCCCCOc1cc2cc(c1)C(C#N)=Cc1cc(OCCCCCCCCCC)cc(c1)/C(C#N)=C/c1cc(OCCCCCCCCCC)cc(c1)/C(C#N)=C/c1cc(OCCCCCCCCCC)cc(c1)/C(C#N)=C/c1cc(OCCCCCCCCCC)cc(c1)/C(C#N)=C/2. The molecule has 0 aromatic heterocycles. The minimum absolute atomic E-state index is 0.347. The third-order valence-corrected chi connectivity index (χ3v) is 19.7. The van der Waals surface area contributed by atoms with Crippen LogP contribution >= 0.6 is 0 Å². The topological polar surface area (TPSA) is 165 Å². The number of hydrogen-bond donors (Lipinski definition) is 0. The molecule has 1 aliphatic carbocycles. The van der Waals surface area contributed by atoms with Crippen LogP contribution in [0.2, 0.25) is 0 Å². The zero-order chi connectivity index (χ0) is 74.6. The molecule has 0 saturated carbocycles. The van der Waals surface area contributed by atoms with E-state index < -0.39 is 0 Å². The zero-order valence-electron chi connectivity index (χ0n) is 65.1. The fraction of sp³-hybridized carbons (Fsp3) is 0.526. The minimum atomic E-state index is 0.347. The molecule has 5 aromatic rings. The van der Waals surface area contributed by atoms with Crippen LogP contribution in [0.1, 0.15) is 347 Å². The maximum Gasteiger partial charge on any atom is 0.120 e. The van der Waals surface area contributed by atoms with Crippen molar-refractivity contribution in [2.45, 2.75) is 291 Å². The normalized spacial score (nSPS) is 14.1. The van der Waals surface area contributed by atoms with Crippen LogP contribution in [0, 0.1) is 56.7 Å². The second-order valence-corrected chi connectivity index (χ2v) is 28.9. The summed E-state index contributed by atoms with van der Waals surface area (Å²) >= 11 is 0. The Balaban J connectivity index is 1.57. The Labute approximate surface area is 634 Å². The summed E-state index contributed by atoms with van der Waals surface area (Å²) in [7, 11) is 0. The molecule has 10 heteroatoms. The smallest absolute Gasteiger partial charge is 0.120 e. The van der Waals surface area contributed by atoms with Crippen molar-refractivity contribution in [2.24, 2.45) is 0 Å². The lowest BCUT2D eigenvalue weighted by Gasteiger charge is -2.13. The minimum Gasteiger partial charge on any atom is -0.494 e. The van der Waals surface area contributed by atoms with Crippen molar-refractivity contribution in [1.29, 1.82) is 26.3 Å². The highest BCUT2D eigenvalue weighted by Gasteiger charge is 2.17. The molecule has 0 unspecified atom stereocenters. The van der Waals surface area contributed by atoms with E-state index in [-0.39, 0.29) is 0 Å². The Morgan fingerprint density at radius 3 is 0.476 bits per heavy atom. The summed E-state index contributed by atoms with van der Waals surface area (Å²) in [4.78, 5) is 0. The molecule has 560 valence electrons. The van der Waals surface area contributed by atoms with Crippen LogP contribution in [0.15, 0.2) is 91.0 Å². The average molecular weight is 1420 g/mol. The standard InChI is InChI=1S/C95H125N5O5/c1-6-11-16-21-26-31-36-41-46-101-91-61-76-51-81(66-91)86(71-96)57-77-52-83(68-92(62-77)102-47-42-37-32-27-22-17-12-7-2)88(73-98)59-79-54-85(70-94(64-79)104-49-44-39-34-29-24-19-14-9-4)90(75-100)60-80-55-84(69-95(65-80)105-50-45-40-35-30-25-20-15-10-5)89(74-99)58-78-53-82(87(56-76)72-97)67-93(63-78)103-48-43-38-33-28-23-18-13-8-3/h51-70H,6-50H2,1-5H3/b86-57+,87-56+,88-59+,89-58+,90-60?. The number of fused-ring (bicyclic) bond motifs is 10. The highest BCUT2D eigenvalue weighted by Crippen LogP contribution is 2.36. The molecule has 1 aliphatic rings. The highest BCUT2D eigenvalue weighted by atomic mass is 16.5. The summed E-state index contributed by atoms with van der Waals surface area (Å²) in [5.74, 6) is 2.85. The number of allylic oxidation sites excluding steroid dienone is 5. The monoisotopic (exact) mass is 1420 g/mol. The molecule has 0 fully saturated rings. The van der Waals surface area contributed by atoms with Gasteiger partial charge in [0.15, 0.2) is 0 Å². The van der Waals surface area contributed by atoms with E-state index >= 15 is 0 Å². The van der Waals surface area contributed by atoms with E-state index in [0.717, 1.165) is 96.3 Å². The van der Waals surface area contributed by atoms with Crippen molar-refractivity contribution < 1.29 is 23.7 Å². The second kappa shape index (κ2) is 53.1. The molecule has 105 heavy (non-hydrogen) atoms. The van der Waals surface area contributed by atoms with Crippen LogP contribution in [0.3, 0.4) is 0 Å². The summed E-state index contributed by atoms with van der Waals surface area (Å²) in [5.41, 5.74) is 7.97. The quantitative estimate of drug-likeness (QED) is 0.0342. The highest BCUT2D eigenvalue weighted by molar-refractivity contribution is 5.98. The summed E-state index contributed by atoms with van der Waals surface area (Å²) in [6, 6.07) is 41.4. The lowest BCUT2D eigenvalue weighted by atomic mass is 9.96. The first-order valence-corrected chi connectivity index (χ1v) is 41.2. The lowest BCUT2D eigenvalue weighted by Crippen LogP contribution is -2.00. The molecule has 0 N–H and O–H groups in total. The molecule has 0 atom stereocenters. The van der Waals surface area contributed by atoms with Gasteiger partial charge in [-0.05, 0) is 209 Å². The van der Waals surface area contributed by atoms with Gasteiger partial charge < -0.3 is 23.7 Å². The molecule has 0 spiro atoms. The molecule has 10 bridgehead atoms. The first kappa shape index (κ1) is 85.2. The maximum absolute atomic E-state index is 11.3. The van der Waals surface area contributed by atoms with Gasteiger partial charge in [0, 0.05) is 0 Å². The van der Waals surface area contributed by atoms with Crippen molar-refractivity contribution in [3.05, 3.63) is 147 Å². The molecular weight excluding hydrogens is 1290 g/mol. The third kappa shape index (κ3) is 33.9. The van der Waals surface area contributed by atoms with Gasteiger partial charge in [0.1, 0.15) is 28.7 Å². The van der Waals surface area contributed by atoms with Crippen molar-refractivity contribution in [3.63, 3.8) is 0 Å². The number of benzene rings is 5. The summed E-state index contributed by atoms with van der Waals surface area (Å²) in [5, 5.41) is 56.6. The predicted molar refractivity (Wildman–Crippen MR) is 440 cm³/mol. The van der Waals surface area contributed by atoms with Gasteiger partial charge in [-0.1, -0.05) is 259 Å². The molecule has 5 aromatic carbocycles. The molecule has 0 saturated heterocycles. The molecule has 0 heterocycles. The maximum atomic E-state index is 11.3. The van der Waals surface area contributed by atoms with Crippen LogP contribution in [-0.4, -0.2) is 33.0 Å². The third-order valence-electron chi connectivity index (χ3n) is 19.7. The fourth-order valence-corrected chi connectivity index (χ4v) is 13.6. The Bertz CT molecular complexity index is 3190. The van der Waals surface area contributed by atoms with Gasteiger partial charge in [-0.3, -0.25) is 0 Å². The van der Waals surface area contributed by atoms with Crippen LogP contribution in [0.25, 0.3) is 58.2 Å². The Kier molecular flexibility index (Phi) is 43.1. The van der Waals surface area contributed by atoms with E-state index in [9.17, 15) is 26.3 Å². The number of nitrogens with zero attached hydrogens (tertiary/aromatic N) is 5. The molecular formula is C95H125N5O5. The Morgan fingerprint density at radius 1 is 0.190 bits per heavy atom. The van der Waals surface area contributed by atoms with Gasteiger partial charge in [-0.25, -0.2) is 0 Å². The molecule has 6 rings (SSSR count). The van der Waals surface area contributed by atoms with E-state index in [2.05, 4.69) is 65.0 Å². The van der Waals surface area contributed by atoms with Gasteiger partial charge in [0.05, 0.1) is 91.2 Å². The molecule has 0 amide bonds. The van der Waals surface area contributed by atoms with E-state index in [4.69, 9.17) is 23.7 Å². The summed E-state index contributed by atoms with van der Waals surface area (Å²) < 4.78 is 33.1. The fourth-order valence-electron chi connectivity index (χ4n) is 13.6. The van der Waals surface area contributed by atoms with Gasteiger partial charge in [-0.15, -0.1) is 0 Å². The number of unbranched alkanes of at least 4 members (excludes halogenated alkanes) is 35. The number of nitriles is 5. The largest absolute Gasteiger partial charge is 0.494 e. The number of rotatable bonds is 50. The molecule has 0 radical (unpaired) electrons. The predicted octanol–water partition coefficient (Wildman–Crippen LogP) is 27.9. The Hall–Kier alpha value is -8.75. The summed E-state index contributed by atoms with van der Waals surface area (Å²) in [6.07, 6.45) is 55.3. The summed E-state index contributed by atoms with van der Waals surface area (Å²) in [6.45, 7) is 13.6. The lowest BCUT2D eigenvalue weighted by molar-refractivity contribution is 0.304. The van der Waals surface area contributed by atoms with Crippen LogP contribution in [-0.2, 0) is 0 Å². The van der Waals surface area contributed by atoms with Crippen molar-refractivity contribution in [3.8, 4) is 59.1 Å². The van der Waals surface area contributed by atoms with Crippen LogP contribution < -0.4 is 23.7 Å². The number of hydrogen-bond acceptors (Lipinski definition) is 10. The van der Waals surface area contributed by atoms with E-state index in [1.54, 1.807) is 0 Å². The van der Waals surface area contributed by atoms with Gasteiger partial charge >= 0.3 is 0 Å². The Morgan fingerprint density at radius 2 is 0.333 bits per heavy atom. The van der Waals surface area contributed by atoms with Crippen molar-refractivity contribution in [1.82, 2.24) is 0 Å². The molecule has 10 nitrogen and oxygen atoms in total. The van der Waals surface area contributed by atoms with E-state index in [1.165, 1.54) is 161 Å². The molecule has 0 aliphatic heterocycles. The van der Waals surface area contributed by atoms with Gasteiger partial charge in [-0.2, -0.15) is 26.3 Å². The first-order valence-electron chi connectivity index (χ1n) is 41.2. The average Bonchev–Trinajstić information content (AvgIpc) is 0.890. The van der Waals surface area contributed by atoms with Crippen molar-refractivity contribution in [2.75, 3.05) is 33.0 Å². The second-order valence-electron chi connectivity index (χ2n) is 28.9. The van der Waals surface area contributed by atoms with Crippen LogP contribution in [0.4, 0.5) is 0 Å². The zero-order valence-corrected chi connectivity index (χ0v) is 65.1. The van der Waals surface area contributed by atoms with E-state index in [1.807, 2.05) is 121 Å². The van der Waals surface area contributed by atoms with Crippen LogP contribution in [0.5, 0.6) is 28.7 Å². The first-order chi connectivity index (χ1) is 51.7. The van der Waals surface area contributed by atoms with Gasteiger partial charge in [0.25, 0.3) is 0 Å². The van der Waals surface area contributed by atoms with Gasteiger partial charge in [0.2, 0.25) is 0 Å². The number of ether oxygens (including phenoxy) is 5. The van der Waals surface area contributed by atoms with E-state index in [0.29, 0.717) is 145 Å².